The topological polar surface area (TPSA) is 103 Å². The van der Waals surface area contributed by atoms with Crippen molar-refractivity contribution < 1.29 is 14.4 Å². The van der Waals surface area contributed by atoms with Crippen LogP contribution in [0.4, 0.5) is 5.13 Å². The Morgan fingerprint density at radius 1 is 1.25 bits per heavy atom. The molecule has 2 aromatic rings. The van der Waals surface area contributed by atoms with Gasteiger partial charge in [-0.3, -0.25) is 19.7 Å². The van der Waals surface area contributed by atoms with Crippen LogP contribution in [0.2, 0.25) is 0 Å². The zero-order chi connectivity index (χ0) is 19.3. The van der Waals surface area contributed by atoms with E-state index in [1.54, 1.807) is 16.2 Å². The van der Waals surface area contributed by atoms with Crippen molar-refractivity contribution >= 4 is 34.2 Å². The van der Waals surface area contributed by atoms with Gasteiger partial charge >= 0.3 is 0 Å². The number of carbonyl (C=O) groups excluding carboxylic acids is 3. The van der Waals surface area contributed by atoms with Crippen molar-refractivity contribution in [1.82, 2.24) is 20.5 Å². The number of aromatic nitrogens is 1. The second-order valence-electron chi connectivity index (χ2n) is 7.20. The van der Waals surface area contributed by atoms with E-state index >= 15 is 0 Å². The largest absolute Gasteiger partial charge is 0.357 e. The maximum atomic E-state index is 13.1. The van der Waals surface area contributed by atoms with E-state index in [1.807, 2.05) is 18.2 Å². The average Bonchev–Trinajstić information content (AvgIpc) is 3.34. The molecule has 1 aromatic heterocycles. The summed E-state index contributed by atoms with van der Waals surface area (Å²) in [7, 11) is 0. The van der Waals surface area contributed by atoms with E-state index in [1.165, 1.54) is 4.88 Å². The van der Waals surface area contributed by atoms with E-state index in [2.05, 4.69) is 20.9 Å². The van der Waals surface area contributed by atoms with Crippen LogP contribution in [0.3, 0.4) is 0 Å². The van der Waals surface area contributed by atoms with Crippen LogP contribution in [-0.2, 0) is 35.8 Å². The molecule has 144 valence electrons. The number of piperidine rings is 1. The lowest BCUT2D eigenvalue weighted by Gasteiger charge is -2.29. The van der Waals surface area contributed by atoms with Crippen LogP contribution in [-0.4, -0.2) is 33.6 Å². The third-order valence-corrected chi connectivity index (χ3v) is 6.48. The molecule has 0 saturated carbocycles. The molecule has 1 fully saturated rings. The molecular formula is C19H19N5O3S. The number of nitrogens with one attached hydrogen (secondary N) is 3. The Bertz CT molecular complexity index is 980. The quantitative estimate of drug-likeness (QED) is 0.668. The van der Waals surface area contributed by atoms with E-state index < -0.39 is 6.04 Å². The molecule has 28 heavy (non-hydrogen) atoms. The fourth-order valence-corrected chi connectivity index (χ4v) is 4.98. The van der Waals surface area contributed by atoms with Gasteiger partial charge in [-0.1, -0.05) is 18.2 Å². The molecule has 4 heterocycles. The number of amides is 3. The lowest BCUT2D eigenvalue weighted by Crippen LogP contribution is -2.52. The molecule has 3 N–H and O–H groups in total. The molecule has 0 radical (unpaired) electrons. The molecule has 3 aliphatic rings. The molecule has 0 bridgehead atoms. The monoisotopic (exact) mass is 397 g/mol. The molecule has 3 aliphatic heterocycles. The first kappa shape index (κ1) is 17.3. The van der Waals surface area contributed by atoms with Gasteiger partial charge in [-0.2, -0.15) is 0 Å². The number of rotatable bonds is 4. The number of carbonyl (C=O) groups is 3. The second-order valence-corrected chi connectivity index (χ2v) is 8.28. The first-order valence-corrected chi connectivity index (χ1v) is 10.1. The first-order valence-electron chi connectivity index (χ1n) is 9.29. The number of anilines is 1. The van der Waals surface area contributed by atoms with Crippen molar-refractivity contribution in [3.05, 3.63) is 45.5 Å². The van der Waals surface area contributed by atoms with E-state index in [0.29, 0.717) is 25.1 Å². The van der Waals surface area contributed by atoms with Crippen molar-refractivity contribution in [2.75, 3.05) is 5.32 Å². The summed E-state index contributed by atoms with van der Waals surface area (Å²) in [6, 6.07) is 5.20. The number of hydrogen-bond donors (Lipinski definition) is 3. The highest BCUT2D eigenvalue weighted by Gasteiger charge is 2.39. The van der Waals surface area contributed by atoms with Gasteiger partial charge in [0.1, 0.15) is 6.04 Å². The fraction of sp³-hybridized carbons (Fsp3) is 0.368. The van der Waals surface area contributed by atoms with Crippen LogP contribution in [0.5, 0.6) is 0 Å². The molecule has 1 atom stereocenters. The van der Waals surface area contributed by atoms with Gasteiger partial charge in [0.05, 0.1) is 5.69 Å². The maximum absolute atomic E-state index is 13.1. The predicted octanol–water partition coefficient (Wildman–Crippen LogP) is 1.12. The smallest absolute Gasteiger partial charge is 0.255 e. The normalized spacial score (nSPS) is 20.9. The Balaban J connectivity index is 1.34. The summed E-state index contributed by atoms with van der Waals surface area (Å²) < 4.78 is 0. The van der Waals surface area contributed by atoms with Crippen molar-refractivity contribution in [2.45, 2.75) is 45.1 Å². The van der Waals surface area contributed by atoms with Gasteiger partial charge in [-0.15, -0.1) is 11.3 Å². The minimum absolute atomic E-state index is 0.146. The van der Waals surface area contributed by atoms with Crippen LogP contribution in [0.25, 0.3) is 0 Å². The van der Waals surface area contributed by atoms with E-state index in [0.717, 1.165) is 35.0 Å². The van der Waals surface area contributed by atoms with Gasteiger partial charge < -0.3 is 15.5 Å². The molecule has 0 spiro atoms. The highest BCUT2D eigenvalue weighted by Crippen LogP contribution is 2.31. The van der Waals surface area contributed by atoms with Gasteiger partial charge in [0.15, 0.2) is 5.13 Å². The molecule has 1 aromatic carbocycles. The number of imide groups is 1. The standard InChI is InChI=1S/C19H19N5O3S/c25-15-5-4-13(17(26)23-15)24-9-11-3-1-2-10(16(11)18(24)27)6-21-19-22-12-7-20-8-14(12)28-19/h1-3,13,20H,4-9H2,(H,21,22)(H,23,25,26). The maximum Gasteiger partial charge on any atom is 0.255 e. The number of hydrogen-bond acceptors (Lipinski definition) is 7. The van der Waals surface area contributed by atoms with Crippen LogP contribution in [0.15, 0.2) is 18.2 Å². The minimum atomic E-state index is -0.590. The van der Waals surface area contributed by atoms with Gasteiger partial charge in [-0.25, -0.2) is 4.98 Å². The molecule has 8 nitrogen and oxygen atoms in total. The number of nitrogens with zero attached hydrogens (tertiary/aromatic N) is 2. The second kappa shape index (κ2) is 6.68. The van der Waals surface area contributed by atoms with Crippen molar-refractivity contribution in [3.8, 4) is 0 Å². The minimum Gasteiger partial charge on any atom is -0.357 e. The Morgan fingerprint density at radius 3 is 2.96 bits per heavy atom. The Hall–Kier alpha value is -2.78. The van der Waals surface area contributed by atoms with Crippen molar-refractivity contribution in [2.24, 2.45) is 0 Å². The highest BCUT2D eigenvalue weighted by molar-refractivity contribution is 7.15. The summed E-state index contributed by atoms with van der Waals surface area (Å²) in [4.78, 5) is 44.1. The zero-order valence-corrected chi connectivity index (χ0v) is 15.9. The van der Waals surface area contributed by atoms with Crippen molar-refractivity contribution in [1.29, 1.82) is 0 Å². The average molecular weight is 397 g/mol. The number of benzene rings is 1. The van der Waals surface area contributed by atoms with Gasteiger partial charge in [0.25, 0.3) is 5.91 Å². The summed E-state index contributed by atoms with van der Waals surface area (Å²) in [6.07, 6.45) is 0.630. The first-order chi connectivity index (χ1) is 13.6. The summed E-state index contributed by atoms with van der Waals surface area (Å²) in [5.74, 6) is -0.809. The Morgan fingerprint density at radius 2 is 2.14 bits per heavy atom. The lowest BCUT2D eigenvalue weighted by atomic mass is 10.0. The number of fused-ring (bicyclic) bond motifs is 2. The van der Waals surface area contributed by atoms with Gasteiger partial charge in [0.2, 0.25) is 11.8 Å². The van der Waals surface area contributed by atoms with E-state index in [4.69, 9.17) is 0 Å². The predicted molar refractivity (Wildman–Crippen MR) is 102 cm³/mol. The number of thiazole rings is 1. The molecular weight excluding hydrogens is 378 g/mol. The lowest BCUT2D eigenvalue weighted by molar-refractivity contribution is -0.136. The van der Waals surface area contributed by atoms with Crippen LogP contribution in [0, 0.1) is 0 Å². The molecule has 9 heteroatoms. The van der Waals surface area contributed by atoms with Gasteiger partial charge in [0, 0.05) is 43.0 Å². The Kier molecular flexibility index (Phi) is 4.13. The van der Waals surface area contributed by atoms with Gasteiger partial charge in [-0.05, 0) is 17.5 Å². The third kappa shape index (κ3) is 2.87. The van der Waals surface area contributed by atoms with Crippen LogP contribution in [0.1, 0.15) is 44.9 Å². The summed E-state index contributed by atoms with van der Waals surface area (Å²) in [5, 5.41) is 9.80. The van der Waals surface area contributed by atoms with Crippen molar-refractivity contribution in [3.63, 3.8) is 0 Å². The van der Waals surface area contributed by atoms with Crippen LogP contribution >= 0.6 is 11.3 Å². The molecule has 1 unspecified atom stereocenters. The van der Waals surface area contributed by atoms with E-state index in [-0.39, 0.29) is 24.1 Å². The third-order valence-electron chi connectivity index (χ3n) is 5.43. The Labute approximate surface area is 165 Å². The summed E-state index contributed by atoms with van der Waals surface area (Å²) >= 11 is 1.63. The SMILES string of the molecule is O=C1CCC(N2Cc3cccc(CNc4nc5c(s4)CNC5)c3C2=O)C(=O)N1. The molecule has 3 amide bonds. The fourth-order valence-electron chi connectivity index (χ4n) is 4.04. The zero-order valence-electron chi connectivity index (χ0n) is 15.1. The summed E-state index contributed by atoms with van der Waals surface area (Å²) in [6.45, 7) is 2.55. The van der Waals surface area contributed by atoms with Crippen LogP contribution < -0.4 is 16.0 Å². The highest BCUT2D eigenvalue weighted by atomic mass is 32.1. The molecule has 1 saturated heterocycles. The molecule has 5 rings (SSSR count). The molecule has 0 aliphatic carbocycles. The summed E-state index contributed by atoms with van der Waals surface area (Å²) in [5.41, 5.74) is 3.56. The van der Waals surface area contributed by atoms with E-state index in [9.17, 15) is 14.4 Å².